The molecule has 2 rings (SSSR count). The standard InChI is InChI=1S/C19H21NO4S/c1-19(2,3)15-7-9-16(10-8-15)20-25(23,24)17-11-4-14(5-12-17)6-13-18(21)22/h4-13,20H,1-3H3,(H,21,22)/b13-6+. The van der Waals surface area contributed by atoms with Gasteiger partial charge in [0.1, 0.15) is 0 Å². The third kappa shape index (κ3) is 5.19. The van der Waals surface area contributed by atoms with Gasteiger partial charge in [-0.05, 0) is 46.9 Å². The molecule has 0 aliphatic rings. The molecular weight excluding hydrogens is 338 g/mol. The molecular formula is C19H21NO4S. The van der Waals surface area contributed by atoms with Crippen molar-refractivity contribution in [3.8, 4) is 0 Å². The van der Waals surface area contributed by atoms with Gasteiger partial charge in [0.05, 0.1) is 4.90 Å². The summed E-state index contributed by atoms with van der Waals surface area (Å²) >= 11 is 0. The van der Waals surface area contributed by atoms with Gasteiger partial charge in [0.25, 0.3) is 10.0 Å². The minimum absolute atomic E-state index is 0.00327. The van der Waals surface area contributed by atoms with Gasteiger partial charge in [-0.3, -0.25) is 4.72 Å². The Morgan fingerprint density at radius 1 is 1.00 bits per heavy atom. The van der Waals surface area contributed by atoms with Crippen molar-refractivity contribution in [2.24, 2.45) is 0 Å². The van der Waals surface area contributed by atoms with Crippen molar-refractivity contribution in [1.29, 1.82) is 0 Å². The van der Waals surface area contributed by atoms with Gasteiger partial charge in [-0.15, -0.1) is 0 Å². The van der Waals surface area contributed by atoms with Crippen LogP contribution in [0.2, 0.25) is 0 Å². The van der Waals surface area contributed by atoms with Crippen LogP contribution >= 0.6 is 0 Å². The van der Waals surface area contributed by atoms with Crippen LogP contribution in [-0.2, 0) is 20.2 Å². The predicted octanol–water partition coefficient (Wildman–Crippen LogP) is 3.88. The number of sulfonamides is 1. The molecule has 2 N–H and O–H groups in total. The Hall–Kier alpha value is -2.60. The second kappa shape index (κ2) is 7.11. The average molecular weight is 359 g/mol. The first-order valence-electron chi connectivity index (χ1n) is 7.72. The lowest BCUT2D eigenvalue weighted by molar-refractivity contribution is -0.131. The fraction of sp³-hybridized carbons (Fsp3) is 0.211. The van der Waals surface area contributed by atoms with E-state index in [0.29, 0.717) is 11.3 Å². The SMILES string of the molecule is CC(C)(C)c1ccc(NS(=O)(=O)c2ccc(/C=C/C(=O)O)cc2)cc1. The zero-order valence-electron chi connectivity index (χ0n) is 14.4. The van der Waals surface area contributed by atoms with Crippen molar-refractivity contribution < 1.29 is 18.3 Å². The first-order valence-corrected chi connectivity index (χ1v) is 9.21. The van der Waals surface area contributed by atoms with E-state index < -0.39 is 16.0 Å². The molecule has 0 saturated carbocycles. The van der Waals surface area contributed by atoms with Gasteiger partial charge in [-0.25, -0.2) is 13.2 Å². The van der Waals surface area contributed by atoms with E-state index in [1.165, 1.54) is 18.2 Å². The monoisotopic (exact) mass is 359 g/mol. The summed E-state index contributed by atoms with van der Waals surface area (Å²) in [6.07, 6.45) is 2.40. The molecule has 0 fully saturated rings. The van der Waals surface area contributed by atoms with Crippen molar-refractivity contribution in [3.05, 3.63) is 65.7 Å². The summed E-state index contributed by atoms with van der Waals surface area (Å²) in [6.45, 7) is 6.27. The lowest BCUT2D eigenvalue weighted by atomic mass is 9.87. The molecule has 0 saturated heterocycles. The number of carbonyl (C=O) groups is 1. The molecule has 0 radical (unpaired) electrons. The van der Waals surface area contributed by atoms with Crippen LogP contribution in [0.4, 0.5) is 5.69 Å². The van der Waals surface area contributed by atoms with Gasteiger partial charge in [0.2, 0.25) is 0 Å². The predicted molar refractivity (Wildman–Crippen MR) is 99.1 cm³/mol. The van der Waals surface area contributed by atoms with Gasteiger partial charge < -0.3 is 5.11 Å². The number of hydrogen-bond donors (Lipinski definition) is 2. The summed E-state index contributed by atoms with van der Waals surface area (Å²) in [5.41, 5.74) is 2.21. The number of carboxylic acids is 1. The Labute approximate surface area is 148 Å². The number of anilines is 1. The first-order chi connectivity index (χ1) is 11.6. The molecule has 0 aliphatic heterocycles. The van der Waals surface area contributed by atoms with E-state index in [1.54, 1.807) is 24.3 Å². The number of aliphatic carboxylic acids is 1. The van der Waals surface area contributed by atoms with Crippen molar-refractivity contribution in [1.82, 2.24) is 0 Å². The molecule has 132 valence electrons. The Bertz CT molecular complexity index is 875. The molecule has 0 atom stereocenters. The molecule has 25 heavy (non-hydrogen) atoms. The van der Waals surface area contributed by atoms with Crippen LogP contribution in [0, 0.1) is 0 Å². The highest BCUT2D eigenvalue weighted by atomic mass is 32.2. The smallest absolute Gasteiger partial charge is 0.328 e. The first kappa shape index (κ1) is 18.7. The molecule has 0 heterocycles. The second-order valence-electron chi connectivity index (χ2n) is 6.67. The molecule has 5 nitrogen and oxygen atoms in total. The maximum atomic E-state index is 12.4. The number of nitrogens with one attached hydrogen (secondary N) is 1. The molecule has 0 aromatic heterocycles. The van der Waals surface area contributed by atoms with E-state index in [0.717, 1.165) is 11.6 Å². The Balaban J connectivity index is 2.17. The minimum atomic E-state index is -3.70. The van der Waals surface area contributed by atoms with Crippen LogP contribution in [0.1, 0.15) is 31.9 Å². The maximum absolute atomic E-state index is 12.4. The molecule has 0 amide bonds. The van der Waals surface area contributed by atoms with E-state index >= 15 is 0 Å². The topological polar surface area (TPSA) is 83.5 Å². The molecule has 0 spiro atoms. The minimum Gasteiger partial charge on any atom is -0.478 e. The summed E-state index contributed by atoms with van der Waals surface area (Å²) < 4.78 is 27.4. The molecule has 2 aromatic rings. The molecule has 0 aliphatic carbocycles. The number of benzene rings is 2. The van der Waals surface area contributed by atoms with Crippen molar-refractivity contribution in [3.63, 3.8) is 0 Å². The van der Waals surface area contributed by atoms with E-state index in [2.05, 4.69) is 25.5 Å². The van der Waals surface area contributed by atoms with Crippen LogP contribution in [0.5, 0.6) is 0 Å². The third-order valence-electron chi connectivity index (χ3n) is 3.61. The molecule has 0 unspecified atom stereocenters. The van der Waals surface area contributed by atoms with Crippen LogP contribution in [-0.4, -0.2) is 19.5 Å². The highest BCUT2D eigenvalue weighted by molar-refractivity contribution is 7.92. The molecule has 6 heteroatoms. The fourth-order valence-electron chi connectivity index (χ4n) is 2.18. The lowest BCUT2D eigenvalue weighted by Gasteiger charge is -2.19. The van der Waals surface area contributed by atoms with E-state index in [-0.39, 0.29) is 10.3 Å². The van der Waals surface area contributed by atoms with E-state index in [9.17, 15) is 13.2 Å². The Morgan fingerprint density at radius 3 is 2.04 bits per heavy atom. The van der Waals surface area contributed by atoms with Crippen LogP contribution in [0.25, 0.3) is 6.08 Å². The summed E-state index contributed by atoms with van der Waals surface area (Å²) in [4.78, 5) is 10.6. The van der Waals surface area contributed by atoms with Crippen LogP contribution in [0.15, 0.2) is 59.5 Å². The Kier molecular flexibility index (Phi) is 5.33. The van der Waals surface area contributed by atoms with Crippen molar-refractivity contribution >= 4 is 27.8 Å². The van der Waals surface area contributed by atoms with E-state index in [4.69, 9.17) is 5.11 Å². The zero-order valence-corrected chi connectivity index (χ0v) is 15.2. The van der Waals surface area contributed by atoms with Crippen molar-refractivity contribution in [2.75, 3.05) is 4.72 Å². The highest BCUT2D eigenvalue weighted by Gasteiger charge is 2.16. The lowest BCUT2D eigenvalue weighted by Crippen LogP contribution is -2.14. The summed E-state index contributed by atoms with van der Waals surface area (Å²) in [5.74, 6) is -1.06. The van der Waals surface area contributed by atoms with Gasteiger partial charge in [0.15, 0.2) is 0 Å². The number of rotatable bonds is 5. The Morgan fingerprint density at radius 2 is 1.56 bits per heavy atom. The molecule has 0 bridgehead atoms. The van der Waals surface area contributed by atoms with Crippen LogP contribution in [0.3, 0.4) is 0 Å². The number of hydrogen-bond acceptors (Lipinski definition) is 3. The van der Waals surface area contributed by atoms with Crippen molar-refractivity contribution in [2.45, 2.75) is 31.1 Å². The maximum Gasteiger partial charge on any atom is 0.328 e. The van der Waals surface area contributed by atoms with Gasteiger partial charge in [-0.2, -0.15) is 0 Å². The van der Waals surface area contributed by atoms with E-state index in [1.807, 2.05) is 12.1 Å². The second-order valence-corrected chi connectivity index (χ2v) is 8.36. The summed E-state index contributed by atoms with van der Waals surface area (Å²) in [7, 11) is -3.70. The summed E-state index contributed by atoms with van der Waals surface area (Å²) in [5, 5.41) is 8.60. The fourth-order valence-corrected chi connectivity index (χ4v) is 3.24. The van der Waals surface area contributed by atoms with Crippen LogP contribution < -0.4 is 4.72 Å². The number of carboxylic acid groups (broad SMARTS) is 1. The van der Waals surface area contributed by atoms with Gasteiger partial charge in [-0.1, -0.05) is 45.0 Å². The zero-order chi connectivity index (χ0) is 18.7. The molecule has 2 aromatic carbocycles. The summed E-state index contributed by atoms with van der Waals surface area (Å²) in [6, 6.07) is 13.3. The van der Waals surface area contributed by atoms with Gasteiger partial charge in [0, 0.05) is 11.8 Å². The average Bonchev–Trinajstić information content (AvgIpc) is 2.52. The highest BCUT2D eigenvalue weighted by Crippen LogP contribution is 2.24. The quantitative estimate of drug-likeness (QED) is 0.794. The third-order valence-corrected chi connectivity index (χ3v) is 5.01. The largest absolute Gasteiger partial charge is 0.478 e. The normalized spacial score (nSPS) is 12.3. The van der Waals surface area contributed by atoms with Gasteiger partial charge >= 0.3 is 5.97 Å².